The van der Waals surface area contributed by atoms with Gasteiger partial charge in [-0.25, -0.2) is 29.9 Å². The number of hydrogen-bond donors (Lipinski definition) is 6. The Hall–Kier alpha value is 2.05. The first kappa shape index (κ1) is 60.2. The van der Waals surface area contributed by atoms with E-state index in [0.717, 1.165) is 45.3 Å². The quantitative estimate of drug-likeness (QED) is 0.0199. The molecule has 0 aliphatic carbocycles. The van der Waals surface area contributed by atoms with Crippen LogP contribution in [-0.4, -0.2) is 127 Å². The molecule has 2 aliphatic heterocycles. The Labute approximate surface area is 451 Å². The van der Waals surface area contributed by atoms with E-state index < -0.39 is 98.0 Å². The Morgan fingerprint density at radius 2 is 1.03 bits per heavy atom. The smallest absolute Gasteiger partial charge is 0.777 e. The first-order chi connectivity index (χ1) is 27.0. The Balaban J connectivity index is 0.00000331. The van der Waals surface area contributed by atoms with Crippen molar-refractivity contribution >= 4 is 99.9 Å². The van der Waals surface area contributed by atoms with Crippen LogP contribution >= 0.6 is 66.0 Å². The topological polar surface area (TPSA) is 436 Å². The number of nitrogen functional groups attached to an aromatic ring is 2. The molecule has 322 valence electrons. The van der Waals surface area contributed by atoms with Gasteiger partial charge >= 0.3 is 118 Å². The van der Waals surface area contributed by atoms with Gasteiger partial charge in [-0.05, 0) is 12.5 Å². The molecule has 0 aromatic carbocycles. The zero-order chi connectivity index (χ0) is 42.7. The van der Waals surface area contributed by atoms with Crippen molar-refractivity contribution in [1.29, 1.82) is 0 Å². The van der Waals surface area contributed by atoms with E-state index in [1.54, 1.807) is 12.5 Å². The number of aliphatic hydroxyl groups is 4. The SMILES string of the molecule is CSc1nc(N)c2ncn([C@@H]3O[C@H](COP(=O)([O-])OP(=O)([O-])C(Cl)P(=O)([O-])OP(=O)([O-])OC[C@H]4O[C@@H](n5cnc6c(N)nc(SC)nc65)[C@H](O)[C@@H]4O)[C@@H](O)[C@H]3O)c2n1.[Na+].[Na+].[Na+].[Na+]. The monoisotopic (exact) mass is 1050 g/mol. The van der Waals surface area contributed by atoms with E-state index in [1.165, 1.54) is 0 Å². The number of alkyl halides is 1. The molecule has 4 aromatic rings. The fourth-order valence-corrected chi connectivity index (χ4v) is 12.9. The summed E-state index contributed by atoms with van der Waals surface area (Å²) in [6.45, 7) is -2.44. The molecule has 0 spiro atoms. The van der Waals surface area contributed by atoms with Crippen LogP contribution < -0.4 is 149 Å². The third-order valence-corrected chi connectivity index (χ3v) is 17.8. The number of ether oxygens (including phenoxy) is 2. The first-order valence-electron chi connectivity index (χ1n) is 15.7. The Morgan fingerprint density at radius 3 is 1.35 bits per heavy atom. The molecule has 28 nitrogen and oxygen atoms in total. The van der Waals surface area contributed by atoms with E-state index in [4.69, 9.17) is 32.5 Å². The molecule has 62 heavy (non-hydrogen) atoms. The summed E-state index contributed by atoms with van der Waals surface area (Å²) in [4.78, 5) is 71.3. The van der Waals surface area contributed by atoms with Gasteiger partial charge in [0.05, 0.1) is 25.9 Å². The van der Waals surface area contributed by atoms with Crippen molar-refractivity contribution in [2.24, 2.45) is 0 Å². The number of aromatic nitrogens is 8. The van der Waals surface area contributed by atoms with Crippen molar-refractivity contribution in [2.45, 2.75) is 64.3 Å². The third-order valence-electron chi connectivity index (χ3n) is 8.19. The third kappa shape index (κ3) is 13.3. The van der Waals surface area contributed by atoms with Crippen LogP contribution in [0.25, 0.3) is 22.3 Å². The zero-order valence-electron chi connectivity index (χ0n) is 33.0. The predicted molar refractivity (Wildman–Crippen MR) is 189 cm³/mol. The molecule has 0 radical (unpaired) electrons. The number of hydrogen-bond acceptors (Lipinski definition) is 28. The van der Waals surface area contributed by atoms with Gasteiger partial charge < -0.3 is 79.1 Å². The number of anilines is 2. The Bertz CT molecular complexity index is 2250. The van der Waals surface area contributed by atoms with Crippen LogP contribution in [0.3, 0.4) is 0 Å². The summed E-state index contributed by atoms with van der Waals surface area (Å²) in [5.41, 5.74) is 12.1. The van der Waals surface area contributed by atoms with E-state index in [2.05, 4.69) is 47.6 Å². The van der Waals surface area contributed by atoms with Gasteiger partial charge in [0.25, 0.3) is 15.6 Å². The molecule has 6 rings (SSSR count). The van der Waals surface area contributed by atoms with Crippen molar-refractivity contribution in [3.63, 3.8) is 0 Å². The van der Waals surface area contributed by atoms with Crippen LogP contribution in [0.4, 0.5) is 11.6 Å². The number of phosphoric ester groups is 2. The molecule has 12 atom stereocenters. The second-order valence-corrected chi connectivity index (χ2v) is 21.8. The number of thioether (sulfide) groups is 2. The molecule has 4 aromatic heterocycles. The molecule has 8 N–H and O–H groups in total. The average Bonchev–Trinajstić information content (AvgIpc) is 3.90. The largest absolute Gasteiger partial charge is 1.00 e. The number of phosphoric acid groups is 2. The standard InChI is InChI=1S/C23H33ClN10O18P4S2.4Na/c1-57-22-29-15(25)9-17(31-22)33(5-27-9)19-13(37)11(35)7(49-19)3-47-55(43,44)51-53(39,40)21(24)54(41,42)52-56(45,46)48-4-8-12(36)14(38)20(50-8)34-6-28-10-16(26)30-23(58-2)32-18(10)34;;;;/h5-8,11-14,19-21,35-38H,3-4H2,1-2H3,(H,39,40)(H,41,42)(H,43,44)(H,45,46)(H2,25,29,31)(H2,26,30,32);;;;/q;4*+1/p-4/t7-,8-,11-,12-,13-,14-,19-,20-;;;;/m1..../s1. The summed E-state index contributed by atoms with van der Waals surface area (Å²) in [5.74, 6) is -0.0457. The summed E-state index contributed by atoms with van der Waals surface area (Å²) >= 11 is 7.68. The van der Waals surface area contributed by atoms with Crippen molar-refractivity contribution in [2.75, 3.05) is 37.2 Å². The summed E-state index contributed by atoms with van der Waals surface area (Å²) in [7, 11) is -25.2. The number of rotatable bonds is 16. The van der Waals surface area contributed by atoms with Crippen LogP contribution in [0.1, 0.15) is 12.5 Å². The van der Waals surface area contributed by atoms with Crippen LogP contribution in [0.15, 0.2) is 23.0 Å². The molecule has 2 saturated heterocycles. The molecule has 0 saturated carbocycles. The molecule has 4 unspecified atom stereocenters. The molecule has 2 aliphatic rings. The number of imidazole rings is 2. The minimum Gasteiger partial charge on any atom is -0.777 e. The van der Waals surface area contributed by atoms with E-state index in [-0.39, 0.29) is 163 Å². The Kier molecular flexibility index (Phi) is 23.1. The molecule has 39 heteroatoms. The number of nitrogens with zero attached hydrogens (tertiary/aromatic N) is 8. The molecule has 0 amide bonds. The zero-order valence-corrected chi connectivity index (χ0v) is 47.0. The number of nitrogens with two attached hydrogens (primary N) is 2. The van der Waals surface area contributed by atoms with E-state index in [0.29, 0.717) is 0 Å². The average molecular weight is 1050 g/mol. The van der Waals surface area contributed by atoms with Crippen molar-refractivity contribution in [1.82, 2.24) is 39.0 Å². The van der Waals surface area contributed by atoms with Gasteiger partial charge in [0.15, 0.2) is 65.7 Å². The molecular formula is C23H29ClN10Na4O18P4S2. The number of fused-ring (bicyclic) bond motifs is 2. The van der Waals surface area contributed by atoms with Crippen LogP contribution in [0.2, 0.25) is 0 Å². The summed E-state index contributed by atoms with van der Waals surface area (Å²) in [6.07, 6.45) is -8.04. The fraction of sp³-hybridized carbons (Fsp3) is 0.565. The summed E-state index contributed by atoms with van der Waals surface area (Å²) < 4.78 is 80.3. The summed E-state index contributed by atoms with van der Waals surface area (Å²) in [5, 5.41) is 42.7. The normalized spacial score (nSPS) is 28.0. The Morgan fingerprint density at radius 1 is 0.694 bits per heavy atom. The summed E-state index contributed by atoms with van der Waals surface area (Å²) in [6, 6.07) is 0. The fourth-order valence-electron chi connectivity index (χ4n) is 5.49. The molecule has 6 heterocycles. The van der Waals surface area contributed by atoms with Crippen LogP contribution in [-0.2, 0) is 45.4 Å². The van der Waals surface area contributed by atoms with Gasteiger partial charge in [-0.2, -0.15) is 0 Å². The maximum Gasteiger partial charge on any atom is 1.00 e. The molecule has 0 bridgehead atoms. The number of aliphatic hydroxyl groups excluding tert-OH is 4. The van der Waals surface area contributed by atoms with Crippen molar-refractivity contribution in [3.8, 4) is 0 Å². The maximum absolute atomic E-state index is 12.6. The number of halogens is 1. The van der Waals surface area contributed by atoms with E-state index in [1.807, 2.05) is 0 Å². The second kappa shape index (κ2) is 23.8. The van der Waals surface area contributed by atoms with Gasteiger partial charge in [0.2, 0.25) is 0 Å². The van der Waals surface area contributed by atoms with E-state index in [9.17, 15) is 58.3 Å². The van der Waals surface area contributed by atoms with Gasteiger partial charge in [-0.15, -0.1) is 11.6 Å². The van der Waals surface area contributed by atoms with Crippen LogP contribution in [0, 0.1) is 0 Å². The van der Waals surface area contributed by atoms with Gasteiger partial charge in [-0.1, -0.05) is 23.5 Å². The minimum absolute atomic E-state index is 0. The van der Waals surface area contributed by atoms with Crippen molar-refractivity contribution in [3.05, 3.63) is 12.7 Å². The maximum atomic E-state index is 12.6. The van der Waals surface area contributed by atoms with E-state index >= 15 is 0 Å². The van der Waals surface area contributed by atoms with Crippen LogP contribution in [0.5, 0.6) is 0 Å². The van der Waals surface area contributed by atoms with Crippen molar-refractivity contribution < 1.29 is 204 Å². The molecule has 2 fully saturated rings. The van der Waals surface area contributed by atoms with Gasteiger partial charge in [-0.3, -0.25) is 26.9 Å². The van der Waals surface area contributed by atoms with Gasteiger partial charge in [0, 0.05) is 0 Å². The second-order valence-electron chi connectivity index (χ2n) is 12.0. The molecular weight excluding hydrogens is 1020 g/mol. The predicted octanol–water partition coefficient (Wildman–Crippen LogP) is -14.8. The first-order valence-corrected chi connectivity index (χ1v) is 24.7. The minimum atomic E-state index is -6.44. The van der Waals surface area contributed by atoms with Gasteiger partial charge in [0.1, 0.15) is 47.7 Å².